The molecule has 0 aliphatic carbocycles. The minimum Gasteiger partial charge on any atom is -0.349 e. The molecule has 0 aliphatic rings. The van der Waals surface area contributed by atoms with Gasteiger partial charge in [-0.3, -0.25) is 4.79 Å². The molecule has 0 aliphatic heterocycles. The van der Waals surface area contributed by atoms with Crippen LogP contribution >= 0.6 is 11.3 Å². The molecule has 0 saturated heterocycles. The van der Waals surface area contributed by atoms with E-state index >= 15 is 0 Å². The zero-order chi connectivity index (χ0) is 12.7. The smallest absolute Gasteiger partial charge is 0.222 e. The molecule has 3 nitrogen and oxygen atoms in total. The van der Waals surface area contributed by atoms with Crippen molar-refractivity contribution in [2.24, 2.45) is 0 Å². The minimum atomic E-state index is 0.206. The second-order valence-electron chi connectivity index (χ2n) is 4.58. The van der Waals surface area contributed by atoms with Crippen LogP contribution in [0.2, 0.25) is 0 Å². The first-order valence-corrected chi connectivity index (χ1v) is 6.98. The third-order valence-corrected chi connectivity index (χ3v) is 3.41. The Kier molecular flexibility index (Phi) is 6.22. The number of rotatable bonds is 7. The molecule has 0 fully saturated rings. The third-order valence-electron chi connectivity index (χ3n) is 2.68. The molecule has 4 heteroatoms. The Labute approximate surface area is 108 Å². The van der Waals surface area contributed by atoms with Crippen molar-refractivity contribution in [2.75, 3.05) is 20.6 Å². The number of nitrogens with zero attached hydrogens (tertiary/aromatic N) is 1. The number of carbonyl (C=O) groups excluding carboxylic acids is 1. The van der Waals surface area contributed by atoms with Crippen molar-refractivity contribution >= 4 is 17.2 Å². The van der Waals surface area contributed by atoms with E-state index in [1.807, 2.05) is 0 Å². The highest BCUT2D eigenvalue weighted by molar-refractivity contribution is 7.07. The lowest BCUT2D eigenvalue weighted by Crippen LogP contribution is -2.30. The van der Waals surface area contributed by atoms with E-state index in [9.17, 15) is 4.79 Å². The molecule has 1 N–H and O–H groups in total. The number of hydrogen-bond acceptors (Lipinski definition) is 3. The molecule has 1 aromatic heterocycles. The Balaban J connectivity index is 2.08. The maximum atomic E-state index is 11.3. The van der Waals surface area contributed by atoms with Crippen LogP contribution in [0.1, 0.15) is 25.3 Å². The highest BCUT2D eigenvalue weighted by Gasteiger charge is 2.05. The number of thiophene rings is 1. The van der Waals surface area contributed by atoms with Crippen molar-refractivity contribution in [1.82, 2.24) is 10.2 Å². The van der Waals surface area contributed by atoms with E-state index in [1.54, 1.807) is 30.3 Å². The van der Waals surface area contributed by atoms with E-state index < -0.39 is 0 Å². The van der Waals surface area contributed by atoms with Crippen LogP contribution in [0.5, 0.6) is 0 Å². The van der Waals surface area contributed by atoms with Crippen molar-refractivity contribution in [3.8, 4) is 0 Å². The molecule has 1 heterocycles. The van der Waals surface area contributed by atoms with Crippen molar-refractivity contribution in [3.05, 3.63) is 22.4 Å². The maximum absolute atomic E-state index is 11.3. The molecular weight excluding hydrogens is 232 g/mol. The minimum absolute atomic E-state index is 0.206. The van der Waals surface area contributed by atoms with Crippen LogP contribution in [0.15, 0.2) is 16.8 Å². The summed E-state index contributed by atoms with van der Waals surface area (Å²) in [6, 6.07) is 2.64. The number of amides is 1. The maximum Gasteiger partial charge on any atom is 0.222 e. The van der Waals surface area contributed by atoms with Gasteiger partial charge in [-0.25, -0.2) is 0 Å². The Bertz CT molecular complexity index is 322. The van der Waals surface area contributed by atoms with Gasteiger partial charge in [-0.05, 0) is 48.7 Å². The van der Waals surface area contributed by atoms with Gasteiger partial charge in [0.05, 0.1) is 0 Å². The van der Waals surface area contributed by atoms with Crippen LogP contribution in [-0.2, 0) is 11.2 Å². The van der Waals surface area contributed by atoms with Gasteiger partial charge in [-0.15, -0.1) is 0 Å². The quantitative estimate of drug-likeness (QED) is 0.756. The van der Waals surface area contributed by atoms with Gasteiger partial charge >= 0.3 is 0 Å². The van der Waals surface area contributed by atoms with E-state index in [-0.39, 0.29) is 5.91 Å². The second kappa shape index (κ2) is 7.45. The third kappa shape index (κ3) is 5.84. The fraction of sp³-hybridized carbons (Fsp3) is 0.615. The molecule has 96 valence electrons. The first-order chi connectivity index (χ1) is 8.09. The zero-order valence-electron chi connectivity index (χ0n) is 10.9. The lowest BCUT2D eigenvalue weighted by molar-refractivity contribution is -0.128. The Morgan fingerprint density at radius 1 is 1.53 bits per heavy atom. The standard InChI is InChI=1S/C13H22N2OS/c1-11(9-12-6-8-17-10-12)14-7-4-5-13(16)15(2)3/h6,8,10-11,14H,4-5,7,9H2,1-3H3. The van der Waals surface area contributed by atoms with Gasteiger partial charge in [-0.2, -0.15) is 11.3 Å². The molecule has 1 unspecified atom stereocenters. The molecule has 0 spiro atoms. The summed E-state index contributed by atoms with van der Waals surface area (Å²) in [6.45, 7) is 3.09. The molecule has 1 amide bonds. The summed E-state index contributed by atoms with van der Waals surface area (Å²) < 4.78 is 0. The number of nitrogens with one attached hydrogen (secondary N) is 1. The summed E-state index contributed by atoms with van der Waals surface area (Å²) in [5, 5.41) is 7.75. The van der Waals surface area contributed by atoms with Gasteiger partial charge in [0.15, 0.2) is 0 Å². The van der Waals surface area contributed by atoms with Gasteiger partial charge in [0.25, 0.3) is 0 Å². The molecule has 1 aromatic rings. The molecule has 0 saturated carbocycles. The molecule has 1 rings (SSSR count). The fourth-order valence-corrected chi connectivity index (χ4v) is 2.33. The van der Waals surface area contributed by atoms with E-state index in [0.717, 1.165) is 19.4 Å². The molecule has 0 aromatic carbocycles. The SMILES string of the molecule is CC(Cc1ccsc1)NCCCC(=O)N(C)C. The topological polar surface area (TPSA) is 32.3 Å². The summed E-state index contributed by atoms with van der Waals surface area (Å²) in [5.41, 5.74) is 1.39. The van der Waals surface area contributed by atoms with Crippen molar-refractivity contribution in [3.63, 3.8) is 0 Å². The summed E-state index contributed by atoms with van der Waals surface area (Å²) in [5.74, 6) is 0.206. The average molecular weight is 254 g/mol. The summed E-state index contributed by atoms with van der Waals surface area (Å²) in [4.78, 5) is 13.0. The lowest BCUT2D eigenvalue weighted by atomic mass is 10.1. The van der Waals surface area contributed by atoms with Gasteiger partial charge in [-0.1, -0.05) is 0 Å². The molecule has 0 bridgehead atoms. The van der Waals surface area contributed by atoms with Gasteiger partial charge in [0.2, 0.25) is 5.91 Å². The van der Waals surface area contributed by atoms with Crippen molar-refractivity contribution in [2.45, 2.75) is 32.2 Å². The number of carbonyl (C=O) groups is 1. The van der Waals surface area contributed by atoms with Crippen LogP contribution in [0.3, 0.4) is 0 Å². The predicted octanol–water partition coefficient (Wildman–Crippen LogP) is 2.14. The van der Waals surface area contributed by atoms with Gasteiger partial charge in [0.1, 0.15) is 0 Å². The first-order valence-electron chi connectivity index (χ1n) is 6.04. The van der Waals surface area contributed by atoms with Crippen LogP contribution in [0, 0.1) is 0 Å². The summed E-state index contributed by atoms with van der Waals surface area (Å²) >= 11 is 1.74. The van der Waals surface area contributed by atoms with E-state index in [2.05, 4.69) is 29.1 Å². The predicted molar refractivity (Wildman–Crippen MR) is 73.4 cm³/mol. The van der Waals surface area contributed by atoms with Crippen LogP contribution in [-0.4, -0.2) is 37.5 Å². The summed E-state index contributed by atoms with van der Waals surface area (Å²) in [7, 11) is 3.60. The molecule has 1 atom stereocenters. The largest absolute Gasteiger partial charge is 0.349 e. The second-order valence-corrected chi connectivity index (χ2v) is 5.36. The van der Waals surface area contributed by atoms with Gasteiger partial charge in [0, 0.05) is 26.6 Å². The highest BCUT2D eigenvalue weighted by Crippen LogP contribution is 2.08. The zero-order valence-corrected chi connectivity index (χ0v) is 11.7. The fourth-order valence-electron chi connectivity index (χ4n) is 1.65. The van der Waals surface area contributed by atoms with Crippen molar-refractivity contribution < 1.29 is 4.79 Å². The number of hydrogen-bond donors (Lipinski definition) is 1. The Hall–Kier alpha value is -0.870. The normalized spacial score (nSPS) is 12.4. The average Bonchev–Trinajstić information content (AvgIpc) is 2.76. The van der Waals surface area contributed by atoms with E-state index in [0.29, 0.717) is 12.5 Å². The molecule has 17 heavy (non-hydrogen) atoms. The highest BCUT2D eigenvalue weighted by atomic mass is 32.1. The van der Waals surface area contributed by atoms with Crippen LogP contribution in [0.4, 0.5) is 0 Å². The molecule has 0 radical (unpaired) electrons. The monoisotopic (exact) mass is 254 g/mol. The summed E-state index contributed by atoms with van der Waals surface area (Å²) in [6.07, 6.45) is 2.60. The van der Waals surface area contributed by atoms with Crippen LogP contribution < -0.4 is 5.32 Å². The Morgan fingerprint density at radius 3 is 2.88 bits per heavy atom. The van der Waals surface area contributed by atoms with Crippen LogP contribution in [0.25, 0.3) is 0 Å². The van der Waals surface area contributed by atoms with E-state index in [1.165, 1.54) is 5.56 Å². The van der Waals surface area contributed by atoms with Gasteiger partial charge < -0.3 is 10.2 Å². The first kappa shape index (κ1) is 14.2. The van der Waals surface area contributed by atoms with Crippen molar-refractivity contribution in [1.29, 1.82) is 0 Å². The Morgan fingerprint density at radius 2 is 2.29 bits per heavy atom. The molecular formula is C13H22N2OS. The lowest BCUT2D eigenvalue weighted by Gasteiger charge is -2.14. The van der Waals surface area contributed by atoms with E-state index in [4.69, 9.17) is 0 Å².